The van der Waals surface area contributed by atoms with Crippen molar-refractivity contribution in [2.45, 2.75) is 33.2 Å². The molecule has 1 aromatic carbocycles. The van der Waals surface area contributed by atoms with Gasteiger partial charge in [-0.15, -0.1) is 5.10 Å². The quantitative estimate of drug-likeness (QED) is 0.593. The van der Waals surface area contributed by atoms with E-state index in [1.54, 1.807) is 6.20 Å². The van der Waals surface area contributed by atoms with Gasteiger partial charge in [0, 0.05) is 32.1 Å². The van der Waals surface area contributed by atoms with E-state index in [1.807, 2.05) is 18.2 Å². The van der Waals surface area contributed by atoms with Crippen molar-refractivity contribution in [3.05, 3.63) is 70.8 Å². The molecule has 8 heteroatoms. The van der Waals surface area contributed by atoms with Gasteiger partial charge in [-0.25, -0.2) is 9.97 Å². The number of anilines is 2. The molecule has 0 bridgehead atoms. The Morgan fingerprint density at radius 3 is 2.50 bits per heavy atom. The topological polar surface area (TPSA) is 95.3 Å². The van der Waals surface area contributed by atoms with E-state index in [0.29, 0.717) is 0 Å². The molecular weight excluding hydrogens is 404 g/mol. The van der Waals surface area contributed by atoms with Gasteiger partial charge in [-0.05, 0) is 37.5 Å². The molecule has 3 heterocycles. The van der Waals surface area contributed by atoms with E-state index >= 15 is 0 Å². The minimum atomic E-state index is -0.562. The van der Waals surface area contributed by atoms with Gasteiger partial charge in [-0.2, -0.15) is 5.10 Å². The third-order valence-corrected chi connectivity index (χ3v) is 6.10. The number of ketones is 1. The largest absolute Gasteiger partial charge is 0.388 e. The van der Waals surface area contributed by atoms with E-state index in [0.717, 1.165) is 43.4 Å². The Bertz CT molecular complexity index is 1090. The van der Waals surface area contributed by atoms with E-state index in [9.17, 15) is 4.79 Å². The second-order valence-electron chi connectivity index (χ2n) is 8.21. The summed E-state index contributed by atoms with van der Waals surface area (Å²) in [6.45, 7) is 8.15. The number of Topliss-reactive ketones (excluding diaryl/α,β-unsaturated/α-hetero) is 1. The molecule has 1 N–H and O–H groups in total. The van der Waals surface area contributed by atoms with Crippen LogP contribution >= 0.6 is 0 Å². The van der Waals surface area contributed by atoms with E-state index in [1.165, 1.54) is 22.9 Å². The van der Waals surface area contributed by atoms with Crippen LogP contribution in [0.3, 0.4) is 0 Å². The summed E-state index contributed by atoms with van der Waals surface area (Å²) in [6.07, 6.45) is 3.80. The number of rotatable bonds is 6. The molecule has 0 saturated carbocycles. The summed E-state index contributed by atoms with van der Waals surface area (Å²) in [4.78, 5) is 24.6. The van der Waals surface area contributed by atoms with Gasteiger partial charge in [-0.3, -0.25) is 4.79 Å². The maximum absolute atomic E-state index is 11.6. The number of hydrogen-bond acceptors (Lipinski definition) is 8. The van der Waals surface area contributed by atoms with Crippen molar-refractivity contribution in [1.29, 1.82) is 0 Å². The normalized spacial score (nSPS) is 16.3. The molecule has 1 atom stereocenters. The van der Waals surface area contributed by atoms with Crippen molar-refractivity contribution in [3.63, 3.8) is 0 Å². The molecule has 2 aromatic heterocycles. The Morgan fingerprint density at radius 2 is 1.84 bits per heavy atom. The zero-order chi connectivity index (χ0) is 22.7. The van der Waals surface area contributed by atoms with Gasteiger partial charge in [0.2, 0.25) is 5.78 Å². The molecule has 1 fully saturated rings. The van der Waals surface area contributed by atoms with Crippen LogP contribution in [-0.4, -0.2) is 63.3 Å². The highest BCUT2D eigenvalue weighted by molar-refractivity contribution is 5.94. The zero-order valence-electron chi connectivity index (χ0n) is 18.7. The molecule has 8 nitrogen and oxygen atoms in total. The van der Waals surface area contributed by atoms with Gasteiger partial charge in [0.1, 0.15) is 18.1 Å². The van der Waals surface area contributed by atoms with Crippen molar-refractivity contribution in [3.8, 4) is 0 Å². The third-order valence-electron chi connectivity index (χ3n) is 6.10. The summed E-state index contributed by atoms with van der Waals surface area (Å²) in [5, 5.41) is 18.1. The van der Waals surface area contributed by atoms with E-state index in [-0.39, 0.29) is 11.7 Å². The van der Waals surface area contributed by atoms with Crippen LogP contribution in [0.25, 0.3) is 0 Å². The third kappa shape index (κ3) is 4.45. The molecular formula is C24H28N6O2. The SMILES string of the molecule is Cc1c(Cc2ccccc2)nnc(N2CCN(c3cnc(C(=O)CO)cn3)[C@H](C)C2)c1C. The highest BCUT2D eigenvalue weighted by atomic mass is 16.3. The standard InChI is InChI=1S/C24H28N6O2/c1-16-14-29(9-10-30(16)23-13-25-21(12-26-23)22(32)15-31)24-18(3)17(2)20(27-28-24)11-19-7-5-4-6-8-19/h4-8,12-13,16,31H,9-11,14-15H2,1-3H3/t16-/m1/s1. The van der Waals surface area contributed by atoms with Crippen LogP contribution in [-0.2, 0) is 6.42 Å². The lowest BCUT2D eigenvalue weighted by atomic mass is 10.0. The smallest absolute Gasteiger partial charge is 0.208 e. The Morgan fingerprint density at radius 1 is 1.06 bits per heavy atom. The Hall–Kier alpha value is -3.39. The van der Waals surface area contributed by atoms with Crippen LogP contribution in [0.15, 0.2) is 42.7 Å². The van der Waals surface area contributed by atoms with E-state index in [4.69, 9.17) is 5.11 Å². The molecule has 166 valence electrons. The van der Waals surface area contributed by atoms with Crippen LogP contribution in [0, 0.1) is 13.8 Å². The summed E-state index contributed by atoms with van der Waals surface area (Å²) >= 11 is 0. The second-order valence-corrected chi connectivity index (χ2v) is 8.21. The van der Waals surface area contributed by atoms with Gasteiger partial charge in [0.05, 0.1) is 18.1 Å². The molecule has 32 heavy (non-hydrogen) atoms. The maximum atomic E-state index is 11.6. The van der Waals surface area contributed by atoms with Gasteiger partial charge in [0.25, 0.3) is 0 Å². The average molecular weight is 433 g/mol. The Labute approximate surface area is 188 Å². The molecule has 0 aliphatic carbocycles. The first-order valence-electron chi connectivity index (χ1n) is 10.8. The first-order chi connectivity index (χ1) is 15.5. The fourth-order valence-corrected chi connectivity index (χ4v) is 4.08. The van der Waals surface area contributed by atoms with Gasteiger partial charge in [-0.1, -0.05) is 30.3 Å². The molecule has 1 aliphatic heterocycles. The number of aliphatic hydroxyl groups is 1. The lowest BCUT2D eigenvalue weighted by Crippen LogP contribution is -2.53. The monoisotopic (exact) mass is 432 g/mol. The summed E-state index contributed by atoms with van der Waals surface area (Å²) in [6, 6.07) is 10.5. The van der Waals surface area contributed by atoms with Crippen molar-refractivity contribution in [1.82, 2.24) is 20.2 Å². The van der Waals surface area contributed by atoms with Crippen molar-refractivity contribution >= 4 is 17.4 Å². The highest BCUT2D eigenvalue weighted by Crippen LogP contribution is 2.26. The maximum Gasteiger partial charge on any atom is 0.208 e. The number of aromatic nitrogens is 4. The summed E-state index contributed by atoms with van der Waals surface area (Å²) < 4.78 is 0. The van der Waals surface area contributed by atoms with E-state index < -0.39 is 12.4 Å². The predicted octanol–water partition coefficient (Wildman–Crippen LogP) is 2.36. The predicted molar refractivity (Wildman–Crippen MR) is 123 cm³/mol. The van der Waals surface area contributed by atoms with Gasteiger partial charge < -0.3 is 14.9 Å². The summed E-state index contributed by atoms with van der Waals surface area (Å²) in [5.74, 6) is 1.23. The molecule has 4 rings (SSSR count). The van der Waals surface area contributed by atoms with Crippen molar-refractivity contribution < 1.29 is 9.90 Å². The van der Waals surface area contributed by atoms with Crippen molar-refractivity contribution in [2.75, 3.05) is 36.0 Å². The number of nitrogens with zero attached hydrogens (tertiary/aromatic N) is 6. The first kappa shape index (κ1) is 21.8. The minimum Gasteiger partial charge on any atom is -0.388 e. The summed E-state index contributed by atoms with van der Waals surface area (Å²) in [5.41, 5.74) is 4.77. The lowest BCUT2D eigenvalue weighted by molar-refractivity contribution is 0.0898. The number of aliphatic hydroxyl groups excluding tert-OH is 1. The lowest BCUT2D eigenvalue weighted by Gasteiger charge is -2.41. The van der Waals surface area contributed by atoms with Crippen LogP contribution in [0.1, 0.15) is 39.8 Å². The molecule has 1 saturated heterocycles. The van der Waals surface area contributed by atoms with Gasteiger partial charge >= 0.3 is 0 Å². The number of hydrogen-bond donors (Lipinski definition) is 1. The average Bonchev–Trinajstić information content (AvgIpc) is 2.82. The molecule has 0 spiro atoms. The van der Waals surface area contributed by atoms with Crippen LogP contribution < -0.4 is 9.80 Å². The van der Waals surface area contributed by atoms with Crippen molar-refractivity contribution in [2.24, 2.45) is 0 Å². The molecule has 0 amide bonds. The fourth-order valence-electron chi connectivity index (χ4n) is 4.08. The fraction of sp³-hybridized carbons (Fsp3) is 0.375. The van der Waals surface area contributed by atoms with Crippen LogP contribution in [0.2, 0.25) is 0 Å². The number of piperazine rings is 1. The second kappa shape index (κ2) is 9.40. The number of carbonyl (C=O) groups is 1. The Kier molecular flexibility index (Phi) is 6.41. The zero-order valence-corrected chi connectivity index (χ0v) is 18.7. The van der Waals surface area contributed by atoms with Crippen LogP contribution in [0.4, 0.5) is 11.6 Å². The number of benzene rings is 1. The first-order valence-corrected chi connectivity index (χ1v) is 10.8. The molecule has 1 aliphatic rings. The summed E-state index contributed by atoms with van der Waals surface area (Å²) in [7, 11) is 0. The molecule has 3 aromatic rings. The van der Waals surface area contributed by atoms with E-state index in [2.05, 4.69) is 62.9 Å². The Balaban J connectivity index is 1.47. The molecule has 0 radical (unpaired) electrons. The highest BCUT2D eigenvalue weighted by Gasteiger charge is 2.27. The minimum absolute atomic E-state index is 0.180. The molecule has 0 unspecified atom stereocenters. The van der Waals surface area contributed by atoms with Crippen LogP contribution in [0.5, 0.6) is 0 Å². The van der Waals surface area contributed by atoms with Gasteiger partial charge in [0.15, 0.2) is 5.82 Å². The number of carbonyl (C=O) groups excluding carboxylic acids is 1.